The number of nitrogens with one attached hydrogen (secondary N) is 1. The molecule has 0 amide bonds. The molecule has 1 N–H and O–H groups in total. The lowest BCUT2D eigenvalue weighted by Gasteiger charge is -2.03. The number of unbranched alkanes of at least 4 members (excludes halogenated alkanes) is 1. The van der Waals surface area contributed by atoms with Crippen LogP contribution in [0.2, 0.25) is 5.02 Å². The second kappa shape index (κ2) is 6.71. The minimum absolute atomic E-state index is 0.120. The Labute approximate surface area is 133 Å². The van der Waals surface area contributed by atoms with Crippen molar-refractivity contribution in [3.05, 3.63) is 69.4 Å². The predicted octanol–water partition coefficient (Wildman–Crippen LogP) is 3.54. The van der Waals surface area contributed by atoms with Crippen molar-refractivity contribution in [3.63, 3.8) is 0 Å². The van der Waals surface area contributed by atoms with E-state index in [0.717, 1.165) is 30.7 Å². The largest absolute Gasteiger partial charge is 0.310 e. The van der Waals surface area contributed by atoms with Crippen LogP contribution in [0.5, 0.6) is 0 Å². The van der Waals surface area contributed by atoms with Gasteiger partial charge in [-0.3, -0.25) is 4.79 Å². The van der Waals surface area contributed by atoms with Gasteiger partial charge in [0.15, 0.2) is 5.65 Å². The SMILES string of the molecule is O=c1[nH]c(CCCCc2ccc(Cl)cc2)nc2ncccc12. The van der Waals surface area contributed by atoms with Gasteiger partial charge in [-0.2, -0.15) is 0 Å². The van der Waals surface area contributed by atoms with Crippen molar-refractivity contribution in [1.29, 1.82) is 0 Å². The monoisotopic (exact) mass is 313 g/mol. The van der Waals surface area contributed by atoms with Crippen LogP contribution in [0.4, 0.5) is 0 Å². The van der Waals surface area contributed by atoms with Crippen LogP contribution in [-0.4, -0.2) is 15.0 Å². The van der Waals surface area contributed by atoms with Gasteiger partial charge >= 0.3 is 0 Å². The molecule has 0 radical (unpaired) electrons. The summed E-state index contributed by atoms with van der Waals surface area (Å²) in [4.78, 5) is 23.3. The van der Waals surface area contributed by atoms with Gasteiger partial charge in [0.2, 0.25) is 0 Å². The van der Waals surface area contributed by atoms with E-state index in [2.05, 4.69) is 15.0 Å². The summed E-state index contributed by atoms with van der Waals surface area (Å²) in [6.07, 6.45) is 5.39. The molecule has 0 bridgehead atoms. The lowest BCUT2D eigenvalue weighted by molar-refractivity contribution is 0.707. The fraction of sp³-hybridized carbons (Fsp3) is 0.235. The predicted molar refractivity (Wildman–Crippen MR) is 88.3 cm³/mol. The van der Waals surface area contributed by atoms with Crippen LogP contribution in [0, 0.1) is 0 Å². The number of nitrogens with zero attached hydrogens (tertiary/aromatic N) is 2. The maximum atomic E-state index is 11.9. The highest BCUT2D eigenvalue weighted by Crippen LogP contribution is 2.12. The van der Waals surface area contributed by atoms with Crippen molar-refractivity contribution in [2.45, 2.75) is 25.7 Å². The fourth-order valence-corrected chi connectivity index (χ4v) is 2.53. The highest BCUT2D eigenvalue weighted by molar-refractivity contribution is 6.30. The first-order chi connectivity index (χ1) is 10.7. The van der Waals surface area contributed by atoms with Crippen LogP contribution in [0.3, 0.4) is 0 Å². The molecular weight excluding hydrogens is 298 g/mol. The van der Waals surface area contributed by atoms with Gasteiger partial charge in [0.1, 0.15) is 5.82 Å². The Kier molecular flexibility index (Phi) is 4.49. The molecule has 0 saturated carbocycles. The Balaban J connectivity index is 1.60. The summed E-state index contributed by atoms with van der Waals surface area (Å²) in [5.74, 6) is 0.701. The van der Waals surface area contributed by atoms with Crippen LogP contribution in [0.1, 0.15) is 24.2 Å². The van der Waals surface area contributed by atoms with Gasteiger partial charge in [-0.15, -0.1) is 0 Å². The van der Waals surface area contributed by atoms with E-state index in [9.17, 15) is 4.79 Å². The van der Waals surface area contributed by atoms with Gasteiger partial charge in [0.25, 0.3) is 5.56 Å². The summed E-state index contributed by atoms with van der Waals surface area (Å²) in [5.41, 5.74) is 1.66. The molecule has 0 fully saturated rings. The minimum Gasteiger partial charge on any atom is -0.310 e. The zero-order chi connectivity index (χ0) is 15.4. The number of aromatic nitrogens is 3. The third-order valence-corrected chi connectivity index (χ3v) is 3.82. The van der Waals surface area contributed by atoms with E-state index in [4.69, 9.17) is 11.6 Å². The summed E-state index contributed by atoms with van der Waals surface area (Å²) in [6, 6.07) is 11.4. The molecule has 0 aliphatic heterocycles. The Morgan fingerprint density at radius 3 is 2.64 bits per heavy atom. The highest BCUT2D eigenvalue weighted by Gasteiger charge is 2.04. The Morgan fingerprint density at radius 1 is 1.05 bits per heavy atom. The lowest BCUT2D eigenvalue weighted by atomic mass is 10.1. The van der Waals surface area contributed by atoms with E-state index in [1.54, 1.807) is 18.3 Å². The molecular formula is C17H16ClN3O. The Morgan fingerprint density at radius 2 is 1.82 bits per heavy atom. The molecule has 2 heterocycles. The molecule has 5 heteroatoms. The molecule has 112 valence electrons. The molecule has 3 rings (SSSR count). The standard InChI is InChI=1S/C17H16ClN3O/c18-13-9-7-12(8-10-13)4-1-2-6-15-20-16-14(17(22)21-15)5-3-11-19-16/h3,5,7-11H,1-2,4,6H2,(H,19,20,21,22). The van der Waals surface area contributed by atoms with E-state index in [1.165, 1.54) is 5.56 Å². The highest BCUT2D eigenvalue weighted by atomic mass is 35.5. The summed E-state index contributed by atoms with van der Waals surface area (Å²) < 4.78 is 0. The number of aromatic amines is 1. The maximum absolute atomic E-state index is 11.9. The second-order valence-electron chi connectivity index (χ2n) is 5.22. The molecule has 3 aromatic rings. The summed E-state index contributed by atoms with van der Waals surface area (Å²) >= 11 is 5.87. The van der Waals surface area contributed by atoms with Crippen LogP contribution in [0.25, 0.3) is 11.0 Å². The zero-order valence-corrected chi connectivity index (χ0v) is 12.8. The van der Waals surface area contributed by atoms with Crippen molar-refractivity contribution in [3.8, 4) is 0 Å². The molecule has 0 atom stereocenters. The van der Waals surface area contributed by atoms with E-state index in [-0.39, 0.29) is 5.56 Å². The first kappa shape index (κ1) is 14.7. The first-order valence-electron chi connectivity index (χ1n) is 7.31. The minimum atomic E-state index is -0.120. The van der Waals surface area contributed by atoms with Gasteiger partial charge in [-0.1, -0.05) is 23.7 Å². The number of halogens is 1. The van der Waals surface area contributed by atoms with Crippen molar-refractivity contribution < 1.29 is 0 Å². The van der Waals surface area contributed by atoms with Crippen LogP contribution >= 0.6 is 11.6 Å². The Hall–Kier alpha value is -2.20. The molecule has 22 heavy (non-hydrogen) atoms. The van der Waals surface area contributed by atoms with E-state index in [0.29, 0.717) is 16.9 Å². The van der Waals surface area contributed by atoms with Gasteiger partial charge in [-0.05, 0) is 49.1 Å². The fourth-order valence-electron chi connectivity index (χ4n) is 2.41. The van der Waals surface area contributed by atoms with Crippen LogP contribution in [0.15, 0.2) is 47.4 Å². The normalized spacial score (nSPS) is 11.0. The molecule has 0 spiro atoms. The van der Waals surface area contributed by atoms with Crippen LogP contribution in [-0.2, 0) is 12.8 Å². The number of benzene rings is 1. The molecule has 0 aliphatic rings. The van der Waals surface area contributed by atoms with Crippen molar-refractivity contribution in [2.24, 2.45) is 0 Å². The van der Waals surface area contributed by atoms with Crippen molar-refractivity contribution >= 4 is 22.6 Å². The smallest absolute Gasteiger partial charge is 0.260 e. The Bertz CT molecular complexity index is 827. The zero-order valence-electron chi connectivity index (χ0n) is 12.1. The third kappa shape index (κ3) is 3.52. The molecule has 0 aliphatic carbocycles. The molecule has 2 aromatic heterocycles. The van der Waals surface area contributed by atoms with Gasteiger partial charge < -0.3 is 4.98 Å². The number of hydrogen-bond donors (Lipinski definition) is 1. The average Bonchev–Trinajstić information content (AvgIpc) is 2.53. The lowest BCUT2D eigenvalue weighted by Crippen LogP contribution is -2.12. The second-order valence-corrected chi connectivity index (χ2v) is 5.66. The van der Waals surface area contributed by atoms with E-state index in [1.807, 2.05) is 24.3 Å². The number of fused-ring (bicyclic) bond motifs is 1. The number of aryl methyl sites for hydroxylation is 2. The number of hydrogen-bond acceptors (Lipinski definition) is 3. The number of rotatable bonds is 5. The van der Waals surface area contributed by atoms with Gasteiger partial charge in [-0.25, -0.2) is 9.97 Å². The first-order valence-corrected chi connectivity index (χ1v) is 7.68. The molecule has 4 nitrogen and oxygen atoms in total. The molecule has 0 unspecified atom stereocenters. The van der Waals surface area contributed by atoms with Crippen LogP contribution < -0.4 is 5.56 Å². The summed E-state index contributed by atoms with van der Waals surface area (Å²) in [6.45, 7) is 0. The average molecular weight is 314 g/mol. The molecule has 0 saturated heterocycles. The van der Waals surface area contributed by atoms with Crippen molar-refractivity contribution in [1.82, 2.24) is 15.0 Å². The third-order valence-electron chi connectivity index (χ3n) is 3.57. The topological polar surface area (TPSA) is 58.6 Å². The number of pyridine rings is 1. The maximum Gasteiger partial charge on any atom is 0.260 e. The van der Waals surface area contributed by atoms with E-state index >= 15 is 0 Å². The van der Waals surface area contributed by atoms with Gasteiger partial charge in [0, 0.05) is 17.6 Å². The van der Waals surface area contributed by atoms with Crippen molar-refractivity contribution in [2.75, 3.05) is 0 Å². The number of H-pyrrole nitrogens is 1. The van der Waals surface area contributed by atoms with E-state index < -0.39 is 0 Å². The quantitative estimate of drug-likeness (QED) is 0.733. The summed E-state index contributed by atoms with van der Waals surface area (Å²) in [7, 11) is 0. The molecule has 1 aromatic carbocycles. The summed E-state index contributed by atoms with van der Waals surface area (Å²) in [5, 5.41) is 1.29. The van der Waals surface area contributed by atoms with Gasteiger partial charge in [0.05, 0.1) is 5.39 Å².